The summed E-state index contributed by atoms with van der Waals surface area (Å²) in [5, 5.41) is 0. The number of aliphatic imine (C=N–C) groups is 1. The lowest BCUT2D eigenvalue weighted by molar-refractivity contribution is 0.0601. The zero-order chi connectivity index (χ0) is 15.9. The van der Waals surface area contributed by atoms with Gasteiger partial charge in [-0.25, -0.2) is 4.79 Å². The van der Waals surface area contributed by atoms with Crippen molar-refractivity contribution in [2.24, 2.45) is 10.7 Å². The number of esters is 1. The predicted molar refractivity (Wildman–Crippen MR) is 89.0 cm³/mol. The fourth-order valence-electron chi connectivity index (χ4n) is 1.85. The Bertz CT molecular complexity index is 736. The summed E-state index contributed by atoms with van der Waals surface area (Å²) in [5.41, 5.74) is 14.8. The Kier molecular flexibility index (Phi) is 4.93. The monoisotopic (exact) mass is 295 g/mol. The first-order valence-electron chi connectivity index (χ1n) is 6.64. The fraction of sp³-hybridized carbons (Fsp3) is 0.0588. The van der Waals surface area contributed by atoms with Gasteiger partial charge < -0.3 is 16.2 Å². The van der Waals surface area contributed by atoms with Crippen molar-refractivity contribution < 1.29 is 9.53 Å². The van der Waals surface area contributed by atoms with Gasteiger partial charge in [0, 0.05) is 17.6 Å². The van der Waals surface area contributed by atoms with Crippen LogP contribution in [0.25, 0.3) is 5.70 Å². The van der Waals surface area contributed by atoms with Crippen molar-refractivity contribution in [3.05, 3.63) is 65.7 Å². The Morgan fingerprint density at radius 1 is 1.14 bits per heavy atom. The average Bonchev–Trinajstić information content (AvgIpc) is 2.54. The van der Waals surface area contributed by atoms with E-state index in [2.05, 4.69) is 9.73 Å². The van der Waals surface area contributed by atoms with Crippen LogP contribution in [0.2, 0.25) is 0 Å². The average molecular weight is 295 g/mol. The van der Waals surface area contributed by atoms with E-state index in [-0.39, 0.29) is 0 Å². The van der Waals surface area contributed by atoms with Crippen molar-refractivity contribution in [2.75, 3.05) is 12.8 Å². The maximum atomic E-state index is 11.4. The van der Waals surface area contributed by atoms with E-state index in [0.29, 0.717) is 22.6 Å². The minimum absolute atomic E-state index is 0.396. The van der Waals surface area contributed by atoms with Gasteiger partial charge >= 0.3 is 5.97 Å². The van der Waals surface area contributed by atoms with Crippen LogP contribution in [0, 0.1) is 0 Å². The number of benzene rings is 2. The molecule has 0 heterocycles. The first kappa shape index (κ1) is 15.3. The highest BCUT2D eigenvalue weighted by molar-refractivity contribution is 5.91. The quantitative estimate of drug-likeness (QED) is 0.515. The molecule has 0 fully saturated rings. The summed E-state index contributed by atoms with van der Waals surface area (Å²) >= 11 is 0. The first-order chi connectivity index (χ1) is 10.6. The Morgan fingerprint density at radius 2 is 1.86 bits per heavy atom. The van der Waals surface area contributed by atoms with Crippen LogP contribution < -0.4 is 11.5 Å². The van der Waals surface area contributed by atoms with E-state index < -0.39 is 5.97 Å². The smallest absolute Gasteiger partial charge is 0.337 e. The van der Waals surface area contributed by atoms with Crippen LogP contribution in [-0.4, -0.2) is 19.3 Å². The molecule has 0 atom stereocenters. The number of nitrogens with zero attached hydrogens (tertiary/aromatic N) is 1. The second kappa shape index (κ2) is 7.08. The molecule has 2 rings (SSSR count). The molecule has 0 aromatic heterocycles. The maximum absolute atomic E-state index is 11.4. The zero-order valence-electron chi connectivity index (χ0n) is 12.2. The molecule has 5 heteroatoms. The molecule has 112 valence electrons. The highest BCUT2D eigenvalue weighted by Gasteiger charge is 2.04. The summed E-state index contributed by atoms with van der Waals surface area (Å²) < 4.78 is 4.67. The van der Waals surface area contributed by atoms with Crippen LogP contribution in [0.5, 0.6) is 0 Å². The van der Waals surface area contributed by atoms with E-state index in [9.17, 15) is 4.79 Å². The number of methoxy groups -OCH3 is 1. The third-order valence-corrected chi connectivity index (χ3v) is 2.96. The van der Waals surface area contributed by atoms with E-state index in [4.69, 9.17) is 11.5 Å². The molecule has 4 N–H and O–H groups in total. The van der Waals surface area contributed by atoms with Crippen molar-refractivity contribution in [3.8, 4) is 0 Å². The van der Waals surface area contributed by atoms with Crippen LogP contribution in [-0.2, 0) is 4.74 Å². The van der Waals surface area contributed by atoms with Gasteiger partial charge in [-0.05, 0) is 42.0 Å². The second-order valence-electron chi connectivity index (χ2n) is 4.57. The number of rotatable bonds is 4. The lowest BCUT2D eigenvalue weighted by Crippen LogP contribution is -2.00. The van der Waals surface area contributed by atoms with E-state index >= 15 is 0 Å². The van der Waals surface area contributed by atoms with Crippen LogP contribution in [0.1, 0.15) is 15.9 Å². The molecule has 0 amide bonds. The van der Waals surface area contributed by atoms with Gasteiger partial charge in [-0.15, -0.1) is 0 Å². The highest BCUT2D eigenvalue weighted by Crippen LogP contribution is 2.15. The standard InChI is InChI=1S/C17H17N3O2/c1-22-17(21)13-5-3-7-15(11-13)20-9-8-16(19)12-4-2-6-14(18)10-12/h2-11H,18-19H2,1H3. The number of nitrogens with two attached hydrogens (primary N) is 2. The van der Waals surface area contributed by atoms with Crippen molar-refractivity contribution in [2.45, 2.75) is 0 Å². The molecule has 0 aliphatic carbocycles. The third-order valence-electron chi connectivity index (χ3n) is 2.96. The normalized spacial score (nSPS) is 11.6. The van der Waals surface area contributed by atoms with E-state index in [0.717, 1.165) is 5.56 Å². The van der Waals surface area contributed by atoms with Gasteiger partial charge in [0.1, 0.15) is 0 Å². The molecule has 0 saturated heterocycles. The van der Waals surface area contributed by atoms with Crippen molar-refractivity contribution in [3.63, 3.8) is 0 Å². The van der Waals surface area contributed by atoms with Crippen molar-refractivity contribution >= 4 is 29.3 Å². The minimum atomic E-state index is -0.396. The topological polar surface area (TPSA) is 90.7 Å². The number of hydrogen-bond acceptors (Lipinski definition) is 5. The lowest BCUT2D eigenvalue weighted by Gasteiger charge is -2.01. The molecule has 0 radical (unpaired) electrons. The molecular weight excluding hydrogens is 278 g/mol. The SMILES string of the molecule is COC(=O)c1cccc(N=CC=C(N)c2cccc(N)c2)c1. The largest absolute Gasteiger partial charge is 0.465 e. The van der Waals surface area contributed by atoms with Gasteiger partial charge in [-0.2, -0.15) is 0 Å². The maximum Gasteiger partial charge on any atom is 0.337 e. The summed E-state index contributed by atoms with van der Waals surface area (Å²) in [6, 6.07) is 14.1. The van der Waals surface area contributed by atoms with Crippen LogP contribution >= 0.6 is 0 Å². The van der Waals surface area contributed by atoms with E-state index in [1.54, 1.807) is 48.7 Å². The van der Waals surface area contributed by atoms with Crippen LogP contribution in [0.15, 0.2) is 59.6 Å². The molecule has 0 aliphatic heterocycles. The Balaban J connectivity index is 2.15. The van der Waals surface area contributed by atoms with Crippen LogP contribution in [0.4, 0.5) is 11.4 Å². The molecular formula is C17H17N3O2. The van der Waals surface area contributed by atoms with Crippen molar-refractivity contribution in [1.82, 2.24) is 0 Å². The second-order valence-corrected chi connectivity index (χ2v) is 4.57. The number of nitrogen functional groups attached to an aromatic ring is 1. The number of carbonyl (C=O) groups excluding carboxylic acids is 1. The summed E-state index contributed by atoms with van der Waals surface area (Å²) in [7, 11) is 1.34. The van der Waals surface area contributed by atoms with Gasteiger partial charge in [0.25, 0.3) is 0 Å². The molecule has 0 spiro atoms. The van der Waals surface area contributed by atoms with Gasteiger partial charge in [0.2, 0.25) is 0 Å². The van der Waals surface area contributed by atoms with Crippen molar-refractivity contribution in [1.29, 1.82) is 0 Å². The van der Waals surface area contributed by atoms with Gasteiger partial charge in [-0.3, -0.25) is 4.99 Å². The summed E-state index contributed by atoms with van der Waals surface area (Å²) in [6.07, 6.45) is 3.26. The van der Waals surface area contributed by atoms with E-state index in [1.807, 2.05) is 12.1 Å². The molecule has 0 unspecified atom stereocenters. The Labute approximate surface area is 128 Å². The molecule has 0 bridgehead atoms. The Morgan fingerprint density at radius 3 is 2.59 bits per heavy atom. The molecule has 0 aliphatic rings. The molecule has 5 nitrogen and oxygen atoms in total. The first-order valence-corrected chi connectivity index (χ1v) is 6.64. The highest BCUT2D eigenvalue weighted by atomic mass is 16.5. The zero-order valence-corrected chi connectivity index (χ0v) is 12.2. The summed E-state index contributed by atoms with van der Waals surface area (Å²) in [6.45, 7) is 0. The minimum Gasteiger partial charge on any atom is -0.465 e. The lowest BCUT2D eigenvalue weighted by atomic mass is 10.1. The molecule has 0 saturated carbocycles. The van der Waals surface area contributed by atoms with E-state index in [1.165, 1.54) is 7.11 Å². The summed E-state index contributed by atoms with van der Waals surface area (Å²) in [4.78, 5) is 15.7. The predicted octanol–water partition coefficient (Wildman–Crippen LogP) is 2.76. The number of ether oxygens (including phenoxy) is 1. The number of allylic oxidation sites excluding steroid dienone is 1. The molecule has 22 heavy (non-hydrogen) atoms. The van der Waals surface area contributed by atoms with Gasteiger partial charge in [-0.1, -0.05) is 18.2 Å². The number of carbonyl (C=O) groups is 1. The summed E-state index contributed by atoms with van der Waals surface area (Å²) in [5.74, 6) is -0.396. The number of hydrogen-bond donors (Lipinski definition) is 2. The van der Waals surface area contributed by atoms with Gasteiger partial charge in [0.15, 0.2) is 0 Å². The molecule has 2 aromatic carbocycles. The number of anilines is 1. The molecule has 2 aromatic rings. The Hall–Kier alpha value is -3.08. The van der Waals surface area contributed by atoms with Gasteiger partial charge in [0.05, 0.1) is 18.4 Å². The van der Waals surface area contributed by atoms with Crippen LogP contribution in [0.3, 0.4) is 0 Å². The third kappa shape index (κ3) is 3.96. The fourth-order valence-corrected chi connectivity index (χ4v) is 1.85.